The molecule has 5 rings (SSSR count). The van der Waals surface area contributed by atoms with Crippen LogP contribution in [-0.2, 0) is 9.59 Å². The molecular weight excluding hydrogens is 407 g/mol. The first kappa shape index (κ1) is 19.2. The third kappa shape index (κ3) is 3.28. The summed E-state index contributed by atoms with van der Waals surface area (Å²) in [7, 11) is 0. The predicted octanol–water partition coefficient (Wildman–Crippen LogP) is 3.87. The van der Waals surface area contributed by atoms with Gasteiger partial charge in [-0.1, -0.05) is 23.7 Å². The van der Waals surface area contributed by atoms with Crippen LogP contribution in [0.4, 0.5) is 10.1 Å². The minimum absolute atomic E-state index is 0.108. The molecule has 2 amide bonds. The number of rotatable bonds is 3. The van der Waals surface area contributed by atoms with Crippen molar-refractivity contribution in [3.05, 3.63) is 59.1 Å². The summed E-state index contributed by atoms with van der Waals surface area (Å²) < 4.78 is 13.5. The zero-order valence-electron chi connectivity index (χ0n) is 16.1. The molecule has 30 heavy (non-hydrogen) atoms. The Morgan fingerprint density at radius 2 is 1.87 bits per heavy atom. The number of carbonyl (C=O) groups excluding carboxylic acids is 2. The van der Waals surface area contributed by atoms with E-state index >= 15 is 0 Å². The van der Waals surface area contributed by atoms with Crippen molar-refractivity contribution in [2.45, 2.75) is 31.2 Å². The first-order chi connectivity index (χ1) is 14.5. The van der Waals surface area contributed by atoms with Crippen molar-refractivity contribution in [2.75, 3.05) is 18.0 Å². The number of amides is 2. The Labute approximate surface area is 177 Å². The van der Waals surface area contributed by atoms with Crippen LogP contribution < -0.4 is 4.90 Å². The second kappa shape index (κ2) is 7.49. The van der Waals surface area contributed by atoms with E-state index in [1.165, 1.54) is 18.2 Å². The Hall–Kier alpha value is -2.77. The predicted molar refractivity (Wildman–Crippen MR) is 112 cm³/mol. The number of hydrogen-bond acceptors (Lipinski definition) is 4. The van der Waals surface area contributed by atoms with E-state index in [0.717, 1.165) is 34.6 Å². The smallest absolute Gasteiger partial charge is 0.251 e. The van der Waals surface area contributed by atoms with Gasteiger partial charge in [-0.3, -0.25) is 14.5 Å². The van der Waals surface area contributed by atoms with E-state index in [-0.39, 0.29) is 23.3 Å². The fraction of sp³-hybridized carbons (Fsp3) is 0.318. The quantitative estimate of drug-likeness (QED) is 0.645. The van der Waals surface area contributed by atoms with Gasteiger partial charge >= 0.3 is 0 Å². The van der Waals surface area contributed by atoms with E-state index in [0.29, 0.717) is 24.7 Å². The number of aromatic amines is 1. The lowest BCUT2D eigenvalue weighted by Gasteiger charge is -2.34. The largest absolute Gasteiger partial charge is 0.342 e. The van der Waals surface area contributed by atoms with Crippen LogP contribution in [-0.4, -0.2) is 45.8 Å². The van der Waals surface area contributed by atoms with E-state index in [1.807, 2.05) is 24.3 Å². The summed E-state index contributed by atoms with van der Waals surface area (Å²) in [5.74, 6) is 0.140. The highest BCUT2D eigenvalue weighted by Crippen LogP contribution is 2.33. The molecule has 154 valence electrons. The van der Waals surface area contributed by atoms with Gasteiger partial charge < -0.3 is 4.98 Å². The van der Waals surface area contributed by atoms with Crippen LogP contribution >= 0.6 is 11.6 Å². The topological polar surface area (TPSA) is 69.3 Å². The van der Waals surface area contributed by atoms with E-state index < -0.39 is 11.9 Å². The van der Waals surface area contributed by atoms with Crippen LogP contribution in [0.25, 0.3) is 11.0 Å². The van der Waals surface area contributed by atoms with Crippen molar-refractivity contribution < 1.29 is 14.0 Å². The molecule has 1 atom stereocenters. The van der Waals surface area contributed by atoms with Gasteiger partial charge in [-0.25, -0.2) is 14.3 Å². The standard InChI is InChI=1S/C22H20ClFN4O2/c23-15-11-14(5-6-16(15)24)28-20(29)12-19(22(28)30)27-9-7-13(8-10-27)21-25-17-3-1-2-4-18(17)26-21/h1-6,11,13,19H,7-10,12H2,(H,25,26)/t19-/m1/s1. The number of imide groups is 1. The molecule has 2 aromatic carbocycles. The van der Waals surface area contributed by atoms with Gasteiger partial charge in [0.05, 0.1) is 34.2 Å². The summed E-state index contributed by atoms with van der Waals surface area (Å²) >= 11 is 5.83. The maximum atomic E-state index is 13.5. The maximum Gasteiger partial charge on any atom is 0.251 e. The fourth-order valence-electron chi connectivity index (χ4n) is 4.45. The van der Waals surface area contributed by atoms with Gasteiger partial charge in [0.25, 0.3) is 5.91 Å². The highest BCUT2D eigenvalue weighted by molar-refractivity contribution is 6.31. The van der Waals surface area contributed by atoms with Crippen molar-refractivity contribution in [3.8, 4) is 0 Å². The Morgan fingerprint density at radius 1 is 1.10 bits per heavy atom. The van der Waals surface area contributed by atoms with Gasteiger partial charge in [-0.2, -0.15) is 0 Å². The van der Waals surface area contributed by atoms with E-state index in [4.69, 9.17) is 16.6 Å². The number of nitrogens with zero attached hydrogens (tertiary/aromatic N) is 3. The molecule has 1 N–H and O–H groups in total. The molecule has 0 radical (unpaired) electrons. The van der Waals surface area contributed by atoms with Crippen molar-refractivity contribution >= 4 is 40.1 Å². The van der Waals surface area contributed by atoms with Gasteiger partial charge in [-0.05, 0) is 56.3 Å². The number of imidazole rings is 1. The third-order valence-corrected chi connectivity index (χ3v) is 6.34. The molecule has 2 fully saturated rings. The number of likely N-dealkylation sites (tertiary alicyclic amines) is 1. The minimum atomic E-state index is -0.580. The molecule has 0 aliphatic carbocycles. The SMILES string of the molecule is O=C1C[C@@H](N2CCC(c3nc4ccccc4[nH]3)CC2)C(=O)N1c1ccc(F)c(Cl)c1. The Morgan fingerprint density at radius 3 is 2.60 bits per heavy atom. The number of fused-ring (bicyclic) bond motifs is 1. The van der Waals surface area contributed by atoms with Crippen molar-refractivity contribution in [1.29, 1.82) is 0 Å². The summed E-state index contributed by atoms with van der Waals surface area (Å²) in [6, 6.07) is 11.4. The van der Waals surface area contributed by atoms with Crippen LogP contribution in [0.15, 0.2) is 42.5 Å². The molecule has 0 saturated carbocycles. The first-order valence-corrected chi connectivity index (χ1v) is 10.4. The molecular formula is C22H20ClFN4O2. The van der Waals surface area contributed by atoms with Crippen LogP contribution in [0.3, 0.4) is 0 Å². The van der Waals surface area contributed by atoms with Crippen molar-refractivity contribution in [1.82, 2.24) is 14.9 Å². The monoisotopic (exact) mass is 426 g/mol. The number of aromatic nitrogens is 2. The average Bonchev–Trinajstić information content (AvgIpc) is 3.31. The summed E-state index contributed by atoms with van der Waals surface area (Å²) in [6.07, 6.45) is 1.85. The van der Waals surface area contributed by atoms with Crippen molar-refractivity contribution in [2.24, 2.45) is 0 Å². The lowest BCUT2D eigenvalue weighted by molar-refractivity contribution is -0.123. The summed E-state index contributed by atoms with van der Waals surface area (Å²) in [6.45, 7) is 1.42. The Bertz CT molecular complexity index is 1110. The number of hydrogen-bond donors (Lipinski definition) is 1. The second-order valence-electron chi connectivity index (χ2n) is 7.84. The fourth-order valence-corrected chi connectivity index (χ4v) is 4.62. The number of anilines is 1. The molecule has 2 saturated heterocycles. The number of benzene rings is 2. The van der Waals surface area contributed by atoms with Gasteiger partial charge in [0.2, 0.25) is 5.91 Å². The number of H-pyrrole nitrogens is 1. The molecule has 2 aliphatic rings. The summed E-state index contributed by atoms with van der Waals surface area (Å²) in [5.41, 5.74) is 2.30. The van der Waals surface area contributed by atoms with Crippen LogP contribution in [0.2, 0.25) is 5.02 Å². The summed E-state index contributed by atoms with van der Waals surface area (Å²) in [4.78, 5) is 36.8. The maximum absolute atomic E-state index is 13.5. The minimum Gasteiger partial charge on any atom is -0.342 e. The lowest BCUT2D eigenvalue weighted by Crippen LogP contribution is -2.45. The van der Waals surface area contributed by atoms with Gasteiger partial charge in [0.15, 0.2) is 0 Å². The Balaban J connectivity index is 1.28. The molecule has 8 heteroatoms. The average molecular weight is 427 g/mol. The summed E-state index contributed by atoms with van der Waals surface area (Å²) in [5, 5.41) is -0.108. The van der Waals surface area contributed by atoms with Crippen LogP contribution in [0.5, 0.6) is 0 Å². The second-order valence-corrected chi connectivity index (χ2v) is 8.24. The third-order valence-electron chi connectivity index (χ3n) is 6.05. The molecule has 3 heterocycles. The number of nitrogens with one attached hydrogen (secondary N) is 1. The van der Waals surface area contributed by atoms with Crippen molar-refractivity contribution in [3.63, 3.8) is 0 Å². The number of para-hydroxylation sites is 2. The highest BCUT2D eigenvalue weighted by atomic mass is 35.5. The number of halogens is 2. The van der Waals surface area contributed by atoms with E-state index in [1.54, 1.807) is 0 Å². The van der Waals surface area contributed by atoms with Gasteiger partial charge in [-0.15, -0.1) is 0 Å². The molecule has 6 nitrogen and oxygen atoms in total. The molecule has 0 bridgehead atoms. The number of piperidine rings is 1. The molecule has 3 aromatic rings. The molecule has 0 spiro atoms. The normalized spacial score (nSPS) is 21.1. The first-order valence-electron chi connectivity index (χ1n) is 10.0. The van der Waals surface area contributed by atoms with E-state index in [2.05, 4.69) is 9.88 Å². The Kier molecular flexibility index (Phi) is 4.79. The molecule has 1 aromatic heterocycles. The zero-order valence-corrected chi connectivity index (χ0v) is 16.9. The lowest BCUT2D eigenvalue weighted by atomic mass is 9.95. The number of carbonyl (C=O) groups is 2. The van der Waals surface area contributed by atoms with Crippen LogP contribution in [0, 0.1) is 5.82 Å². The van der Waals surface area contributed by atoms with Gasteiger partial charge in [0.1, 0.15) is 11.6 Å². The molecule has 0 unspecified atom stereocenters. The van der Waals surface area contributed by atoms with Gasteiger partial charge in [0, 0.05) is 5.92 Å². The zero-order chi connectivity index (χ0) is 20.8. The molecule has 2 aliphatic heterocycles. The highest BCUT2D eigenvalue weighted by Gasteiger charge is 2.43. The van der Waals surface area contributed by atoms with Crippen LogP contribution in [0.1, 0.15) is 31.0 Å². The van der Waals surface area contributed by atoms with E-state index in [9.17, 15) is 14.0 Å².